The monoisotopic (exact) mass is 381 g/mol. The van der Waals surface area contributed by atoms with Crippen molar-refractivity contribution in [2.24, 2.45) is 0 Å². The molecule has 0 amide bonds. The molecule has 1 unspecified atom stereocenters. The van der Waals surface area contributed by atoms with Gasteiger partial charge < -0.3 is 14.8 Å². The van der Waals surface area contributed by atoms with Crippen molar-refractivity contribution in [3.8, 4) is 11.5 Å². The van der Waals surface area contributed by atoms with Crippen molar-refractivity contribution in [1.82, 2.24) is 0 Å². The van der Waals surface area contributed by atoms with Gasteiger partial charge in [0.25, 0.3) is 0 Å². The van der Waals surface area contributed by atoms with Gasteiger partial charge in [0.15, 0.2) is 0 Å². The highest BCUT2D eigenvalue weighted by Crippen LogP contribution is 2.45. The Morgan fingerprint density at radius 1 is 1.18 bits per heavy atom. The van der Waals surface area contributed by atoms with Gasteiger partial charge in [-0.05, 0) is 58.1 Å². The quantitative estimate of drug-likeness (QED) is 0.789. The molecule has 22 heavy (non-hydrogen) atoms. The standard InChI is InChI=1S/C17H17BrClNO2/c1-21-11-5-3-10(4-6-11)14-8-7-12-16(19)13(18)9-15(22-2)17(12)20-14/h3-6,9,14,20H,7-8H2,1-2H3. The van der Waals surface area contributed by atoms with E-state index in [4.69, 9.17) is 21.1 Å². The number of hydrogen-bond acceptors (Lipinski definition) is 3. The maximum atomic E-state index is 6.41. The molecule has 1 heterocycles. The third-order valence-corrected chi connectivity index (χ3v) is 5.31. The van der Waals surface area contributed by atoms with Gasteiger partial charge >= 0.3 is 0 Å². The second-order valence-corrected chi connectivity index (χ2v) is 6.47. The van der Waals surface area contributed by atoms with Crippen molar-refractivity contribution < 1.29 is 9.47 Å². The Bertz CT molecular complexity index is 688. The molecule has 1 N–H and O–H groups in total. The van der Waals surface area contributed by atoms with Crippen LogP contribution in [0.4, 0.5) is 5.69 Å². The summed E-state index contributed by atoms with van der Waals surface area (Å²) in [5.41, 5.74) is 3.33. The molecule has 0 saturated carbocycles. The van der Waals surface area contributed by atoms with Gasteiger partial charge in [-0.15, -0.1) is 0 Å². The Balaban J connectivity index is 1.94. The number of hydrogen-bond donors (Lipinski definition) is 1. The minimum absolute atomic E-state index is 0.240. The summed E-state index contributed by atoms with van der Waals surface area (Å²) < 4.78 is 11.6. The Morgan fingerprint density at radius 3 is 2.55 bits per heavy atom. The summed E-state index contributed by atoms with van der Waals surface area (Å²) >= 11 is 9.90. The maximum absolute atomic E-state index is 6.41. The lowest BCUT2D eigenvalue weighted by molar-refractivity contribution is 0.413. The number of methoxy groups -OCH3 is 2. The summed E-state index contributed by atoms with van der Waals surface area (Å²) in [7, 11) is 3.35. The molecule has 0 aliphatic carbocycles. The largest absolute Gasteiger partial charge is 0.497 e. The number of benzene rings is 2. The molecule has 0 bridgehead atoms. The lowest BCUT2D eigenvalue weighted by Gasteiger charge is -2.30. The van der Waals surface area contributed by atoms with Gasteiger partial charge in [0, 0.05) is 4.47 Å². The van der Waals surface area contributed by atoms with E-state index in [1.807, 2.05) is 18.2 Å². The molecule has 0 spiro atoms. The molecular weight excluding hydrogens is 366 g/mol. The molecule has 116 valence electrons. The van der Waals surface area contributed by atoms with Crippen LogP contribution < -0.4 is 14.8 Å². The highest BCUT2D eigenvalue weighted by Gasteiger charge is 2.25. The van der Waals surface area contributed by atoms with Crippen molar-refractivity contribution in [1.29, 1.82) is 0 Å². The van der Waals surface area contributed by atoms with Gasteiger partial charge in [-0.25, -0.2) is 0 Å². The fraction of sp³-hybridized carbons (Fsp3) is 0.294. The summed E-state index contributed by atoms with van der Waals surface area (Å²) in [5, 5.41) is 4.33. The molecule has 1 aliphatic rings. The van der Waals surface area contributed by atoms with Crippen molar-refractivity contribution in [2.45, 2.75) is 18.9 Å². The second-order valence-electron chi connectivity index (χ2n) is 5.24. The van der Waals surface area contributed by atoms with Gasteiger partial charge in [-0.3, -0.25) is 0 Å². The first-order chi connectivity index (χ1) is 10.6. The molecule has 1 aliphatic heterocycles. The van der Waals surface area contributed by atoms with E-state index in [1.54, 1.807) is 14.2 Å². The van der Waals surface area contributed by atoms with E-state index in [1.165, 1.54) is 5.56 Å². The summed E-state index contributed by atoms with van der Waals surface area (Å²) in [6.45, 7) is 0. The fourth-order valence-electron chi connectivity index (χ4n) is 2.83. The topological polar surface area (TPSA) is 30.5 Å². The van der Waals surface area contributed by atoms with Crippen molar-refractivity contribution in [3.05, 3.63) is 51.0 Å². The summed E-state index contributed by atoms with van der Waals surface area (Å²) in [4.78, 5) is 0. The van der Waals surface area contributed by atoms with Crippen LogP contribution in [0.5, 0.6) is 11.5 Å². The number of fused-ring (bicyclic) bond motifs is 1. The van der Waals surface area contributed by atoms with Crippen LogP contribution in [0.3, 0.4) is 0 Å². The van der Waals surface area contributed by atoms with E-state index < -0.39 is 0 Å². The zero-order valence-electron chi connectivity index (χ0n) is 12.5. The Kier molecular flexibility index (Phi) is 4.50. The van der Waals surface area contributed by atoms with Gasteiger partial charge in [0.05, 0.1) is 31.0 Å². The smallest absolute Gasteiger partial charge is 0.143 e. The van der Waals surface area contributed by atoms with Crippen LogP contribution in [0.1, 0.15) is 23.6 Å². The molecule has 3 rings (SSSR count). The van der Waals surface area contributed by atoms with Gasteiger partial charge in [-0.1, -0.05) is 23.7 Å². The predicted molar refractivity (Wildman–Crippen MR) is 93.4 cm³/mol. The molecule has 0 saturated heterocycles. The highest BCUT2D eigenvalue weighted by molar-refractivity contribution is 9.10. The van der Waals surface area contributed by atoms with Crippen molar-refractivity contribution in [3.63, 3.8) is 0 Å². The van der Waals surface area contributed by atoms with Crippen LogP contribution in [0.15, 0.2) is 34.8 Å². The number of rotatable bonds is 3. The molecule has 0 aromatic heterocycles. The first-order valence-electron chi connectivity index (χ1n) is 7.09. The van der Waals surface area contributed by atoms with Crippen LogP contribution in [0.2, 0.25) is 5.02 Å². The molecule has 2 aromatic carbocycles. The molecular formula is C17H17BrClNO2. The third kappa shape index (κ3) is 2.77. The van der Waals surface area contributed by atoms with Crippen molar-refractivity contribution >= 4 is 33.2 Å². The average Bonchev–Trinajstić information content (AvgIpc) is 2.57. The van der Waals surface area contributed by atoms with Gasteiger partial charge in [-0.2, -0.15) is 0 Å². The summed E-state index contributed by atoms with van der Waals surface area (Å²) in [5.74, 6) is 1.68. The maximum Gasteiger partial charge on any atom is 0.143 e. The summed E-state index contributed by atoms with van der Waals surface area (Å²) in [6, 6.07) is 10.3. The van der Waals surface area contributed by atoms with E-state index >= 15 is 0 Å². The summed E-state index contributed by atoms with van der Waals surface area (Å²) in [6.07, 6.45) is 1.90. The fourth-order valence-corrected chi connectivity index (χ4v) is 3.52. The van der Waals surface area contributed by atoms with E-state index in [0.717, 1.165) is 45.1 Å². The molecule has 1 atom stereocenters. The second kappa shape index (κ2) is 6.39. The van der Waals surface area contributed by atoms with Crippen molar-refractivity contribution in [2.75, 3.05) is 19.5 Å². The highest BCUT2D eigenvalue weighted by atomic mass is 79.9. The normalized spacial score (nSPS) is 16.6. The first-order valence-corrected chi connectivity index (χ1v) is 8.26. The first kappa shape index (κ1) is 15.5. The molecule has 3 nitrogen and oxygen atoms in total. The Morgan fingerprint density at radius 2 is 1.91 bits per heavy atom. The van der Waals surface area contributed by atoms with Crippen LogP contribution in [-0.2, 0) is 6.42 Å². The Labute approximate surface area is 143 Å². The van der Waals surface area contributed by atoms with E-state index in [2.05, 4.69) is 33.4 Å². The predicted octanol–water partition coefficient (Wildman–Crippen LogP) is 5.22. The minimum atomic E-state index is 0.240. The SMILES string of the molecule is COc1ccc(C2CCc3c(Cl)c(Br)cc(OC)c3N2)cc1. The molecule has 0 radical (unpaired) electrons. The number of anilines is 1. The Hall–Kier alpha value is -1.39. The number of nitrogens with one attached hydrogen (secondary N) is 1. The van der Waals surface area contributed by atoms with E-state index in [9.17, 15) is 0 Å². The molecule has 0 fully saturated rings. The van der Waals surface area contributed by atoms with Gasteiger partial charge in [0.2, 0.25) is 0 Å². The van der Waals surface area contributed by atoms with Crippen LogP contribution in [-0.4, -0.2) is 14.2 Å². The van der Waals surface area contributed by atoms with Crippen LogP contribution >= 0.6 is 27.5 Å². The zero-order chi connectivity index (χ0) is 15.7. The van der Waals surface area contributed by atoms with E-state index in [-0.39, 0.29) is 6.04 Å². The molecule has 2 aromatic rings. The molecule has 5 heteroatoms. The lowest BCUT2D eigenvalue weighted by atomic mass is 9.93. The van der Waals surface area contributed by atoms with Gasteiger partial charge in [0.1, 0.15) is 11.5 Å². The third-order valence-electron chi connectivity index (χ3n) is 4.02. The number of halogens is 2. The average molecular weight is 383 g/mol. The minimum Gasteiger partial charge on any atom is -0.497 e. The number of ether oxygens (including phenoxy) is 2. The van der Waals surface area contributed by atoms with Crippen LogP contribution in [0, 0.1) is 0 Å². The lowest BCUT2D eigenvalue weighted by Crippen LogP contribution is -2.19. The zero-order valence-corrected chi connectivity index (χ0v) is 14.8. The van der Waals surface area contributed by atoms with Crippen LogP contribution in [0.25, 0.3) is 0 Å². The van der Waals surface area contributed by atoms with E-state index in [0.29, 0.717) is 0 Å².